The second kappa shape index (κ2) is 7.25. The second-order valence-corrected chi connectivity index (χ2v) is 7.21. The fraction of sp³-hybridized carbons (Fsp3) is 0.182. The van der Waals surface area contributed by atoms with E-state index in [1.807, 2.05) is 54.0 Å². The van der Waals surface area contributed by atoms with Gasteiger partial charge in [0, 0.05) is 6.07 Å². The van der Waals surface area contributed by atoms with Crippen LogP contribution in [0.4, 0.5) is 0 Å². The molecule has 0 aliphatic carbocycles. The first-order valence-corrected chi connectivity index (χ1v) is 9.83. The summed E-state index contributed by atoms with van der Waals surface area (Å²) in [4.78, 5) is 0. The number of nitrogens with one attached hydrogen (secondary N) is 1. The monoisotopic (exact) mass is 405 g/mol. The first kappa shape index (κ1) is 17.8. The van der Waals surface area contributed by atoms with Crippen LogP contribution in [0.3, 0.4) is 0 Å². The summed E-state index contributed by atoms with van der Waals surface area (Å²) < 4.78 is 19.9. The van der Waals surface area contributed by atoms with Crippen molar-refractivity contribution in [2.75, 3.05) is 13.2 Å². The first-order valence-electron chi connectivity index (χ1n) is 9.42. The van der Waals surface area contributed by atoms with Gasteiger partial charge in [-0.05, 0) is 54.2 Å². The Bertz CT molecular complexity index is 1250. The summed E-state index contributed by atoms with van der Waals surface area (Å²) in [5.74, 6) is 2.89. The minimum atomic E-state index is -0.322. The summed E-state index contributed by atoms with van der Waals surface area (Å²) in [6.45, 7) is 3.04. The standard InChI is InChI=1S/C22H19N3O3S/c1-14(28-18-8-6-15-4-2-3-5-16(15)12-18)21-23-24-22(29)25(21)17-7-9-19-20(13-17)27-11-10-26-19/h2-9,12-14H,10-11H2,1H3,(H,24,29). The first-order chi connectivity index (χ1) is 14.2. The van der Waals surface area contributed by atoms with Crippen LogP contribution >= 0.6 is 12.2 Å². The van der Waals surface area contributed by atoms with Crippen LogP contribution in [-0.2, 0) is 0 Å². The number of rotatable bonds is 4. The number of benzene rings is 3. The van der Waals surface area contributed by atoms with Gasteiger partial charge in [-0.2, -0.15) is 5.10 Å². The maximum atomic E-state index is 6.19. The fourth-order valence-corrected chi connectivity index (χ4v) is 3.74. The number of hydrogen-bond acceptors (Lipinski definition) is 5. The molecule has 4 aromatic rings. The molecule has 2 heterocycles. The van der Waals surface area contributed by atoms with E-state index in [2.05, 4.69) is 28.4 Å². The van der Waals surface area contributed by atoms with Crippen LogP contribution in [0, 0.1) is 4.77 Å². The number of aromatic nitrogens is 3. The van der Waals surface area contributed by atoms with Crippen LogP contribution in [0.2, 0.25) is 0 Å². The zero-order chi connectivity index (χ0) is 19.8. The lowest BCUT2D eigenvalue weighted by Crippen LogP contribution is -2.16. The van der Waals surface area contributed by atoms with E-state index in [1.54, 1.807) is 0 Å². The Morgan fingerprint density at radius 1 is 1.00 bits per heavy atom. The van der Waals surface area contributed by atoms with Gasteiger partial charge in [0.2, 0.25) is 0 Å². The molecular formula is C22H19N3O3S. The van der Waals surface area contributed by atoms with Gasteiger partial charge >= 0.3 is 0 Å². The lowest BCUT2D eigenvalue weighted by molar-refractivity contribution is 0.171. The Hall–Kier alpha value is -3.32. The second-order valence-electron chi connectivity index (χ2n) is 6.82. The third kappa shape index (κ3) is 3.34. The van der Waals surface area contributed by atoms with Gasteiger partial charge in [0.05, 0.1) is 5.69 Å². The molecule has 6 nitrogen and oxygen atoms in total. The molecule has 29 heavy (non-hydrogen) atoms. The molecule has 1 atom stereocenters. The Kier molecular flexibility index (Phi) is 4.44. The minimum absolute atomic E-state index is 0.322. The largest absolute Gasteiger partial charge is 0.486 e. The molecule has 1 aliphatic heterocycles. The highest BCUT2D eigenvalue weighted by Gasteiger charge is 2.20. The molecule has 0 saturated carbocycles. The number of ether oxygens (including phenoxy) is 3. The van der Waals surface area contributed by atoms with Crippen LogP contribution in [-0.4, -0.2) is 28.0 Å². The summed E-state index contributed by atoms with van der Waals surface area (Å²) in [6, 6.07) is 20.0. The lowest BCUT2D eigenvalue weighted by atomic mass is 10.1. The van der Waals surface area contributed by atoms with Crippen molar-refractivity contribution in [2.24, 2.45) is 0 Å². The quantitative estimate of drug-likeness (QED) is 0.485. The van der Waals surface area contributed by atoms with Gasteiger partial charge in [-0.15, -0.1) is 0 Å². The fourth-order valence-electron chi connectivity index (χ4n) is 3.50. The van der Waals surface area contributed by atoms with Crippen molar-refractivity contribution in [3.63, 3.8) is 0 Å². The van der Waals surface area contributed by atoms with E-state index in [0.717, 1.165) is 22.6 Å². The van der Waals surface area contributed by atoms with Crippen LogP contribution in [0.1, 0.15) is 18.9 Å². The average molecular weight is 405 g/mol. The predicted octanol–water partition coefficient (Wildman–Crippen LogP) is 4.99. The predicted molar refractivity (Wildman–Crippen MR) is 113 cm³/mol. The zero-order valence-electron chi connectivity index (χ0n) is 15.8. The van der Waals surface area contributed by atoms with Crippen LogP contribution in [0.5, 0.6) is 17.2 Å². The third-order valence-electron chi connectivity index (χ3n) is 4.88. The molecule has 1 aliphatic rings. The van der Waals surface area contributed by atoms with Crippen LogP contribution < -0.4 is 14.2 Å². The van der Waals surface area contributed by atoms with Gasteiger partial charge in [-0.1, -0.05) is 30.3 Å². The van der Waals surface area contributed by atoms with Crippen molar-refractivity contribution in [3.05, 3.63) is 71.3 Å². The van der Waals surface area contributed by atoms with Crippen LogP contribution in [0.25, 0.3) is 16.5 Å². The van der Waals surface area contributed by atoms with Crippen molar-refractivity contribution >= 4 is 23.0 Å². The molecule has 1 unspecified atom stereocenters. The Morgan fingerprint density at radius 3 is 2.66 bits per heavy atom. The third-order valence-corrected chi connectivity index (χ3v) is 5.15. The van der Waals surface area contributed by atoms with Gasteiger partial charge < -0.3 is 14.2 Å². The Labute approximate surface area is 172 Å². The van der Waals surface area contributed by atoms with E-state index < -0.39 is 0 Å². The minimum Gasteiger partial charge on any atom is -0.486 e. The molecule has 1 N–H and O–H groups in total. The van der Waals surface area contributed by atoms with Crippen LogP contribution in [0.15, 0.2) is 60.7 Å². The molecule has 0 bridgehead atoms. The normalized spacial score (nSPS) is 14.0. The van der Waals surface area contributed by atoms with E-state index >= 15 is 0 Å². The van der Waals surface area contributed by atoms with E-state index in [4.69, 9.17) is 26.4 Å². The number of aromatic amines is 1. The highest BCUT2D eigenvalue weighted by molar-refractivity contribution is 7.71. The zero-order valence-corrected chi connectivity index (χ0v) is 16.6. The van der Waals surface area contributed by atoms with Crippen molar-refractivity contribution in [1.82, 2.24) is 14.8 Å². The lowest BCUT2D eigenvalue weighted by Gasteiger charge is -2.20. The van der Waals surface area contributed by atoms with Gasteiger partial charge in [0.1, 0.15) is 19.0 Å². The molecular weight excluding hydrogens is 386 g/mol. The maximum absolute atomic E-state index is 6.19. The van der Waals surface area contributed by atoms with E-state index in [1.165, 1.54) is 5.39 Å². The molecule has 0 radical (unpaired) electrons. The maximum Gasteiger partial charge on any atom is 0.199 e. The highest BCUT2D eigenvalue weighted by Crippen LogP contribution is 2.33. The van der Waals surface area contributed by atoms with Gasteiger partial charge in [-0.3, -0.25) is 9.67 Å². The van der Waals surface area contributed by atoms with Crippen molar-refractivity contribution in [3.8, 4) is 22.9 Å². The SMILES string of the molecule is CC(Oc1ccc2ccccc2c1)c1n[nH]c(=S)n1-c1ccc2c(c1)OCCO2. The molecule has 0 saturated heterocycles. The summed E-state index contributed by atoms with van der Waals surface area (Å²) in [5.41, 5.74) is 0.844. The number of nitrogens with zero attached hydrogens (tertiary/aromatic N) is 2. The molecule has 5 rings (SSSR count). The molecule has 7 heteroatoms. The number of H-pyrrole nitrogens is 1. The highest BCUT2D eigenvalue weighted by atomic mass is 32.1. The summed E-state index contributed by atoms with van der Waals surface area (Å²) in [5, 5.41) is 9.59. The Morgan fingerprint density at radius 2 is 1.79 bits per heavy atom. The smallest absolute Gasteiger partial charge is 0.199 e. The summed E-state index contributed by atoms with van der Waals surface area (Å²) in [7, 11) is 0. The van der Waals surface area contributed by atoms with Gasteiger partial charge in [0.15, 0.2) is 28.2 Å². The number of hydrogen-bond donors (Lipinski definition) is 1. The molecule has 3 aromatic carbocycles. The average Bonchev–Trinajstić information content (AvgIpc) is 3.15. The van der Waals surface area contributed by atoms with E-state index in [9.17, 15) is 0 Å². The molecule has 0 fully saturated rings. The van der Waals surface area contributed by atoms with Gasteiger partial charge in [0.25, 0.3) is 0 Å². The summed E-state index contributed by atoms with van der Waals surface area (Å²) in [6.07, 6.45) is -0.322. The van der Waals surface area contributed by atoms with E-state index in [0.29, 0.717) is 29.6 Å². The molecule has 146 valence electrons. The van der Waals surface area contributed by atoms with Crippen molar-refractivity contribution < 1.29 is 14.2 Å². The number of fused-ring (bicyclic) bond motifs is 2. The topological polar surface area (TPSA) is 61.3 Å². The van der Waals surface area contributed by atoms with Crippen molar-refractivity contribution in [2.45, 2.75) is 13.0 Å². The van der Waals surface area contributed by atoms with E-state index in [-0.39, 0.29) is 6.10 Å². The summed E-state index contributed by atoms with van der Waals surface area (Å²) >= 11 is 5.47. The Balaban J connectivity index is 1.48. The van der Waals surface area contributed by atoms with Gasteiger partial charge in [-0.25, -0.2) is 0 Å². The molecule has 0 spiro atoms. The molecule has 1 aromatic heterocycles. The van der Waals surface area contributed by atoms with Crippen molar-refractivity contribution in [1.29, 1.82) is 0 Å². The molecule has 0 amide bonds.